The number of hydrogen-bond acceptors (Lipinski definition) is 4. The zero-order valence-corrected chi connectivity index (χ0v) is 8.13. The minimum absolute atomic E-state index is 0.409. The summed E-state index contributed by atoms with van der Waals surface area (Å²) >= 11 is 0. The highest BCUT2D eigenvalue weighted by atomic mass is 16.3. The maximum atomic E-state index is 10.9. The molecule has 0 unspecified atom stereocenters. The van der Waals surface area contributed by atoms with Crippen LogP contribution in [0.5, 0.6) is 0 Å². The van der Waals surface area contributed by atoms with Crippen molar-refractivity contribution in [3.8, 4) is 0 Å². The molecule has 0 spiro atoms. The van der Waals surface area contributed by atoms with Gasteiger partial charge in [0.2, 0.25) is 0 Å². The molecule has 74 valence electrons. The summed E-state index contributed by atoms with van der Waals surface area (Å²) in [6, 6.07) is 0. The number of nitroso groups, excluding NO2 is 1. The first kappa shape index (κ1) is 11.8. The highest BCUT2D eigenvalue weighted by molar-refractivity contribution is 5.86. The first-order valence-electron chi connectivity index (χ1n) is 3.95. The zero-order valence-electron chi connectivity index (χ0n) is 8.13. The Hall–Kier alpha value is -1.23. The molecule has 5 nitrogen and oxygen atoms in total. The van der Waals surface area contributed by atoms with Crippen LogP contribution in [-0.4, -0.2) is 18.0 Å². The Labute approximate surface area is 77.4 Å². The molecule has 13 heavy (non-hydrogen) atoms. The highest BCUT2D eigenvalue weighted by Gasteiger charge is 2.26. The number of carbonyl (C=O) groups excluding carboxylic acids is 1. The van der Waals surface area contributed by atoms with E-state index in [1.165, 1.54) is 0 Å². The molecule has 1 amide bonds. The lowest BCUT2D eigenvalue weighted by Crippen LogP contribution is -2.43. The van der Waals surface area contributed by atoms with Crippen LogP contribution in [0.4, 0.5) is 0 Å². The Bertz CT molecular complexity index is 234. The molecule has 0 saturated carbocycles. The number of amides is 1. The summed E-state index contributed by atoms with van der Waals surface area (Å²) in [5.74, 6) is -0.728. The minimum Gasteiger partial charge on any atom is -0.377 e. The van der Waals surface area contributed by atoms with Crippen LogP contribution in [0.1, 0.15) is 20.8 Å². The summed E-state index contributed by atoms with van der Waals surface area (Å²) in [7, 11) is 0. The molecule has 0 aliphatic rings. The van der Waals surface area contributed by atoms with Crippen LogP contribution in [-0.2, 0) is 4.79 Å². The van der Waals surface area contributed by atoms with Crippen LogP contribution in [0, 0.1) is 4.91 Å². The van der Waals surface area contributed by atoms with E-state index in [4.69, 9.17) is 5.73 Å². The molecule has 0 rings (SSSR count). The molecular formula is C8H15N3O2. The molecule has 0 aromatic rings. The van der Waals surface area contributed by atoms with Gasteiger partial charge in [0.15, 0.2) is 0 Å². The highest BCUT2D eigenvalue weighted by Crippen LogP contribution is 2.05. The largest absolute Gasteiger partial charge is 0.377 e. The molecule has 5 heteroatoms. The molecule has 0 bridgehead atoms. The molecule has 0 aromatic heterocycles. The Morgan fingerprint density at radius 2 is 2.15 bits per heavy atom. The van der Waals surface area contributed by atoms with Crippen LogP contribution in [0.3, 0.4) is 0 Å². The summed E-state index contributed by atoms with van der Waals surface area (Å²) in [5.41, 5.74) is 5.27. The standard InChI is InChI=1S/C8H15N3O2/c1-6(4-9)5-10-8(2,3)7(12)11-13/h5,10H,4,9H2,1-3H3/b6-5-. The Kier molecular flexibility index (Phi) is 4.27. The van der Waals surface area contributed by atoms with Crippen molar-refractivity contribution < 1.29 is 4.79 Å². The summed E-state index contributed by atoms with van der Waals surface area (Å²) in [6.45, 7) is 5.39. The zero-order chi connectivity index (χ0) is 10.5. The van der Waals surface area contributed by atoms with Gasteiger partial charge in [0, 0.05) is 11.7 Å². The van der Waals surface area contributed by atoms with Gasteiger partial charge in [-0.15, -0.1) is 4.91 Å². The van der Waals surface area contributed by atoms with Gasteiger partial charge in [-0.1, -0.05) is 0 Å². The van der Waals surface area contributed by atoms with Crippen LogP contribution < -0.4 is 11.1 Å². The van der Waals surface area contributed by atoms with Gasteiger partial charge in [-0.2, -0.15) is 0 Å². The lowest BCUT2D eigenvalue weighted by atomic mass is 10.1. The van der Waals surface area contributed by atoms with E-state index < -0.39 is 11.4 Å². The van der Waals surface area contributed by atoms with E-state index in [0.717, 1.165) is 5.57 Å². The maximum absolute atomic E-state index is 10.9. The number of nitrogens with zero attached hydrogens (tertiary/aromatic N) is 1. The van der Waals surface area contributed by atoms with Crippen molar-refractivity contribution in [1.82, 2.24) is 5.32 Å². The topological polar surface area (TPSA) is 84.5 Å². The molecule has 0 aliphatic carbocycles. The quantitative estimate of drug-likeness (QED) is 0.625. The predicted octanol–water partition coefficient (Wildman–Crippen LogP) is 0.510. The number of rotatable bonds is 4. The Morgan fingerprint density at radius 3 is 2.54 bits per heavy atom. The van der Waals surface area contributed by atoms with Crippen LogP contribution in [0.15, 0.2) is 16.9 Å². The van der Waals surface area contributed by atoms with Gasteiger partial charge >= 0.3 is 5.91 Å². The molecule has 0 saturated heterocycles. The molecule has 0 fully saturated rings. The van der Waals surface area contributed by atoms with E-state index in [-0.39, 0.29) is 0 Å². The van der Waals surface area contributed by atoms with E-state index >= 15 is 0 Å². The third-order valence-electron chi connectivity index (χ3n) is 1.62. The van der Waals surface area contributed by atoms with Gasteiger partial charge < -0.3 is 11.1 Å². The molecule has 0 aliphatic heterocycles. The lowest BCUT2D eigenvalue weighted by molar-refractivity contribution is -0.122. The summed E-state index contributed by atoms with van der Waals surface area (Å²) < 4.78 is 0. The van der Waals surface area contributed by atoms with E-state index in [1.807, 2.05) is 6.92 Å². The second-order valence-electron chi connectivity index (χ2n) is 3.36. The fourth-order valence-electron chi connectivity index (χ4n) is 0.538. The molecule has 3 N–H and O–H groups in total. The summed E-state index contributed by atoms with van der Waals surface area (Å²) in [5, 5.41) is 5.13. The average Bonchev–Trinajstić information content (AvgIpc) is 2.12. The smallest absolute Gasteiger partial charge is 0.310 e. The van der Waals surface area contributed by atoms with Gasteiger partial charge in [0.05, 0.1) is 0 Å². The van der Waals surface area contributed by atoms with Crippen LogP contribution >= 0.6 is 0 Å². The van der Waals surface area contributed by atoms with Crippen molar-refractivity contribution in [1.29, 1.82) is 0 Å². The third-order valence-corrected chi connectivity index (χ3v) is 1.62. The van der Waals surface area contributed by atoms with Crippen LogP contribution in [0.25, 0.3) is 0 Å². The Balaban J connectivity index is 4.34. The van der Waals surface area contributed by atoms with E-state index in [9.17, 15) is 9.70 Å². The van der Waals surface area contributed by atoms with Crippen molar-refractivity contribution >= 4 is 5.91 Å². The van der Waals surface area contributed by atoms with Crippen molar-refractivity contribution in [3.05, 3.63) is 16.7 Å². The van der Waals surface area contributed by atoms with E-state index in [0.29, 0.717) is 6.54 Å². The van der Waals surface area contributed by atoms with E-state index in [1.54, 1.807) is 20.0 Å². The monoisotopic (exact) mass is 185 g/mol. The van der Waals surface area contributed by atoms with Crippen LogP contribution in [0.2, 0.25) is 0 Å². The lowest BCUT2D eigenvalue weighted by Gasteiger charge is -2.19. The van der Waals surface area contributed by atoms with Gasteiger partial charge in [0.25, 0.3) is 0 Å². The first-order valence-corrected chi connectivity index (χ1v) is 3.95. The van der Waals surface area contributed by atoms with Gasteiger partial charge in [-0.25, -0.2) is 0 Å². The minimum atomic E-state index is -0.960. The van der Waals surface area contributed by atoms with E-state index in [2.05, 4.69) is 10.5 Å². The number of carbonyl (C=O) groups is 1. The summed E-state index contributed by atoms with van der Waals surface area (Å²) in [6.07, 6.45) is 1.61. The average molecular weight is 185 g/mol. The molecular weight excluding hydrogens is 170 g/mol. The molecule has 0 aromatic carbocycles. The van der Waals surface area contributed by atoms with Crippen molar-refractivity contribution in [3.63, 3.8) is 0 Å². The van der Waals surface area contributed by atoms with Gasteiger partial charge in [-0.3, -0.25) is 4.79 Å². The fourth-order valence-corrected chi connectivity index (χ4v) is 0.538. The van der Waals surface area contributed by atoms with Gasteiger partial charge in [-0.05, 0) is 32.5 Å². The second-order valence-corrected chi connectivity index (χ2v) is 3.36. The molecule has 0 heterocycles. The Morgan fingerprint density at radius 1 is 1.62 bits per heavy atom. The number of nitrogens with two attached hydrogens (primary N) is 1. The number of hydrogen-bond donors (Lipinski definition) is 2. The van der Waals surface area contributed by atoms with Crippen molar-refractivity contribution in [2.75, 3.05) is 6.54 Å². The summed E-state index contributed by atoms with van der Waals surface area (Å²) in [4.78, 5) is 20.9. The maximum Gasteiger partial charge on any atom is 0.310 e. The van der Waals surface area contributed by atoms with Crippen molar-refractivity contribution in [2.24, 2.45) is 10.9 Å². The second kappa shape index (κ2) is 4.71. The third kappa shape index (κ3) is 3.80. The SMILES string of the molecule is C/C(=C/NC(C)(C)C(=O)N=O)CN. The first-order chi connectivity index (χ1) is 5.94. The normalized spacial score (nSPS) is 12.5. The van der Waals surface area contributed by atoms with Crippen molar-refractivity contribution in [2.45, 2.75) is 26.3 Å². The molecule has 0 atom stereocenters. The number of nitrogens with one attached hydrogen (secondary N) is 1. The van der Waals surface area contributed by atoms with Gasteiger partial charge in [0.1, 0.15) is 5.54 Å². The molecule has 0 radical (unpaired) electrons. The predicted molar refractivity (Wildman–Crippen MR) is 50.8 cm³/mol. The fraction of sp³-hybridized carbons (Fsp3) is 0.625.